The molecule has 2 heterocycles. The Kier molecular flexibility index (Phi) is 6.35. The first-order valence-corrected chi connectivity index (χ1v) is 10.7. The van der Waals surface area contributed by atoms with Gasteiger partial charge in [0.1, 0.15) is 0 Å². The molecule has 1 saturated heterocycles. The molecule has 1 aromatic heterocycles. The van der Waals surface area contributed by atoms with Gasteiger partial charge in [0.15, 0.2) is 0 Å². The molecule has 7 nitrogen and oxygen atoms in total. The van der Waals surface area contributed by atoms with Crippen molar-refractivity contribution in [3.63, 3.8) is 0 Å². The molecular weight excluding hydrogens is 402 g/mol. The molecule has 164 valence electrons. The summed E-state index contributed by atoms with van der Waals surface area (Å²) in [6.45, 7) is 4.03. The first kappa shape index (κ1) is 21.4. The number of piperazine rings is 1. The number of carbonyl (C=O) groups is 2. The van der Waals surface area contributed by atoms with E-state index in [4.69, 9.17) is 0 Å². The molecule has 0 bridgehead atoms. The largest absolute Gasteiger partial charge is 0.345 e. The van der Waals surface area contributed by atoms with Crippen molar-refractivity contribution >= 4 is 29.0 Å². The number of anilines is 3. The number of urea groups is 1. The van der Waals surface area contributed by atoms with Gasteiger partial charge in [-0.15, -0.1) is 0 Å². The second kappa shape index (κ2) is 9.51. The van der Waals surface area contributed by atoms with E-state index >= 15 is 0 Å². The van der Waals surface area contributed by atoms with Gasteiger partial charge in [0.05, 0.1) is 0 Å². The smallest absolute Gasteiger partial charge is 0.321 e. The lowest BCUT2D eigenvalue weighted by Gasteiger charge is -2.34. The fourth-order valence-corrected chi connectivity index (χ4v) is 3.76. The van der Waals surface area contributed by atoms with Crippen LogP contribution in [0.5, 0.6) is 0 Å². The average Bonchev–Trinajstić information content (AvgIpc) is 2.84. The minimum absolute atomic E-state index is 0.0122. The van der Waals surface area contributed by atoms with Crippen LogP contribution in [-0.2, 0) is 0 Å². The minimum atomic E-state index is -0.133. The van der Waals surface area contributed by atoms with Gasteiger partial charge in [0.2, 0.25) is 0 Å². The zero-order valence-corrected chi connectivity index (χ0v) is 18.4. The van der Waals surface area contributed by atoms with E-state index in [0.29, 0.717) is 31.7 Å². The molecule has 3 aromatic rings. The Balaban J connectivity index is 1.32. The maximum absolute atomic E-state index is 12.9. The number of aryl methyl sites for hydroxylation is 1. The number of aromatic nitrogens is 1. The molecule has 1 aliphatic rings. The normalized spacial score (nSPS) is 13.6. The lowest BCUT2D eigenvalue weighted by Crippen LogP contribution is -2.51. The van der Waals surface area contributed by atoms with Crippen molar-refractivity contribution in [1.82, 2.24) is 14.8 Å². The highest BCUT2D eigenvalue weighted by Gasteiger charge is 2.25. The molecule has 1 fully saturated rings. The summed E-state index contributed by atoms with van der Waals surface area (Å²) in [6.07, 6.45) is 3.51. The molecule has 0 atom stereocenters. The number of pyridine rings is 1. The van der Waals surface area contributed by atoms with Crippen molar-refractivity contribution in [3.05, 3.63) is 84.2 Å². The van der Waals surface area contributed by atoms with E-state index in [9.17, 15) is 9.59 Å². The second-order valence-electron chi connectivity index (χ2n) is 7.89. The Bertz CT molecular complexity index is 1080. The van der Waals surface area contributed by atoms with Gasteiger partial charge in [-0.05, 0) is 61.0 Å². The van der Waals surface area contributed by atoms with Gasteiger partial charge in [0.25, 0.3) is 5.91 Å². The summed E-state index contributed by atoms with van der Waals surface area (Å²) < 4.78 is 0. The van der Waals surface area contributed by atoms with Crippen LogP contribution in [0.3, 0.4) is 0 Å². The highest BCUT2D eigenvalue weighted by Crippen LogP contribution is 2.23. The van der Waals surface area contributed by atoms with Gasteiger partial charge in [-0.3, -0.25) is 9.78 Å². The van der Waals surface area contributed by atoms with Crippen LogP contribution in [0.15, 0.2) is 73.1 Å². The predicted molar refractivity (Wildman–Crippen MR) is 126 cm³/mol. The highest BCUT2D eigenvalue weighted by molar-refractivity contribution is 5.95. The van der Waals surface area contributed by atoms with E-state index in [1.807, 2.05) is 79.5 Å². The zero-order chi connectivity index (χ0) is 22.5. The molecule has 32 heavy (non-hydrogen) atoms. The molecule has 2 aromatic carbocycles. The lowest BCUT2D eigenvalue weighted by molar-refractivity contribution is 0.0671. The first-order chi connectivity index (χ1) is 15.5. The molecule has 1 aliphatic heterocycles. The van der Waals surface area contributed by atoms with Crippen LogP contribution in [0.4, 0.5) is 21.9 Å². The van der Waals surface area contributed by atoms with Gasteiger partial charge < -0.3 is 20.0 Å². The van der Waals surface area contributed by atoms with Crippen LogP contribution in [0.25, 0.3) is 0 Å². The van der Waals surface area contributed by atoms with E-state index in [1.54, 1.807) is 22.2 Å². The van der Waals surface area contributed by atoms with Gasteiger partial charge in [-0.1, -0.05) is 12.1 Å². The summed E-state index contributed by atoms with van der Waals surface area (Å²) >= 11 is 0. The van der Waals surface area contributed by atoms with E-state index < -0.39 is 0 Å². The van der Waals surface area contributed by atoms with Crippen molar-refractivity contribution in [2.24, 2.45) is 0 Å². The number of nitrogens with zero attached hydrogens (tertiary/aromatic N) is 4. The molecule has 7 heteroatoms. The molecular formula is C25H27N5O2. The summed E-state index contributed by atoms with van der Waals surface area (Å²) in [5.74, 6) is -0.0122. The third kappa shape index (κ3) is 4.88. The van der Waals surface area contributed by atoms with Crippen LogP contribution >= 0.6 is 0 Å². The first-order valence-electron chi connectivity index (χ1n) is 10.7. The van der Waals surface area contributed by atoms with Gasteiger partial charge in [0, 0.05) is 68.2 Å². The van der Waals surface area contributed by atoms with Crippen molar-refractivity contribution in [2.45, 2.75) is 6.92 Å². The Hall–Kier alpha value is -3.87. The third-order valence-electron chi connectivity index (χ3n) is 5.68. The van der Waals surface area contributed by atoms with Crippen molar-refractivity contribution < 1.29 is 9.59 Å². The fourth-order valence-electron chi connectivity index (χ4n) is 3.76. The molecule has 0 radical (unpaired) electrons. The number of rotatable bonds is 4. The Morgan fingerprint density at radius 3 is 2.16 bits per heavy atom. The van der Waals surface area contributed by atoms with Crippen molar-refractivity contribution in [1.29, 1.82) is 0 Å². The van der Waals surface area contributed by atoms with Crippen LogP contribution in [0.1, 0.15) is 15.9 Å². The monoisotopic (exact) mass is 429 g/mol. The zero-order valence-electron chi connectivity index (χ0n) is 18.4. The quantitative estimate of drug-likeness (QED) is 0.677. The van der Waals surface area contributed by atoms with Gasteiger partial charge >= 0.3 is 6.03 Å². The Labute approximate surface area is 188 Å². The van der Waals surface area contributed by atoms with Crippen molar-refractivity contribution in [3.8, 4) is 0 Å². The molecule has 0 saturated carbocycles. The number of hydrogen-bond donors (Lipinski definition) is 1. The SMILES string of the molecule is Cc1cccc(NC(=O)N2CCN(C(=O)c3ccc(N(C)c4ccncc4)cc3)CC2)c1. The van der Waals surface area contributed by atoms with E-state index in [0.717, 1.165) is 22.6 Å². The molecule has 0 spiro atoms. The Morgan fingerprint density at radius 1 is 0.875 bits per heavy atom. The van der Waals surface area contributed by atoms with Crippen LogP contribution in [-0.4, -0.2) is 59.9 Å². The molecule has 4 rings (SSSR count). The number of hydrogen-bond acceptors (Lipinski definition) is 4. The molecule has 0 aliphatic carbocycles. The Morgan fingerprint density at radius 2 is 1.50 bits per heavy atom. The summed E-state index contributed by atoms with van der Waals surface area (Å²) in [5, 5.41) is 2.93. The lowest BCUT2D eigenvalue weighted by atomic mass is 10.1. The van der Waals surface area contributed by atoms with Crippen LogP contribution in [0, 0.1) is 6.92 Å². The van der Waals surface area contributed by atoms with Crippen LogP contribution in [0.2, 0.25) is 0 Å². The van der Waals surface area contributed by atoms with Gasteiger partial charge in [-0.2, -0.15) is 0 Å². The topological polar surface area (TPSA) is 68.8 Å². The standard InChI is InChI=1S/C25H27N5O2/c1-19-4-3-5-21(18-19)27-25(32)30-16-14-29(15-17-30)24(31)20-6-8-22(9-7-20)28(2)23-10-12-26-13-11-23/h3-13,18H,14-17H2,1-2H3,(H,27,32). The summed E-state index contributed by atoms with van der Waals surface area (Å²) in [6, 6.07) is 19.1. The fraction of sp³-hybridized carbons (Fsp3) is 0.240. The second-order valence-corrected chi connectivity index (χ2v) is 7.89. The summed E-state index contributed by atoms with van der Waals surface area (Å²) in [7, 11) is 1.98. The number of benzene rings is 2. The average molecular weight is 430 g/mol. The number of nitrogens with one attached hydrogen (secondary N) is 1. The molecule has 1 N–H and O–H groups in total. The third-order valence-corrected chi connectivity index (χ3v) is 5.68. The number of carbonyl (C=O) groups excluding carboxylic acids is 2. The van der Waals surface area contributed by atoms with Gasteiger partial charge in [-0.25, -0.2) is 4.79 Å². The number of amides is 3. The van der Waals surface area contributed by atoms with E-state index in [1.165, 1.54) is 0 Å². The predicted octanol–water partition coefficient (Wildman–Crippen LogP) is 4.15. The summed E-state index contributed by atoms with van der Waals surface area (Å²) in [4.78, 5) is 35.1. The van der Waals surface area contributed by atoms with E-state index in [-0.39, 0.29) is 11.9 Å². The molecule has 3 amide bonds. The highest BCUT2D eigenvalue weighted by atomic mass is 16.2. The van der Waals surface area contributed by atoms with Crippen LogP contribution < -0.4 is 10.2 Å². The minimum Gasteiger partial charge on any atom is -0.345 e. The van der Waals surface area contributed by atoms with Crippen molar-refractivity contribution in [2.75, 3.05) is 43.4 Å². The summed E-state index contributed by atoms with van der Waals surface area (Å²) in [5.41, 5.74) is 4.54. The maximum atomic E-state index is 12.9. The molecule has 0 unspecified atom stereocenters. The maximum Gasteiger partial charge on any atom is 0.321 e. The van der Waals surface area contributed by atoms with E-state index in [2.05, 4.69) is 10.3 Å².